The van der Waals surface area contributed by atoms with E-state index in [4.69, 9.17) is 14.2 Å². The summed E-state index contributed by atoms with van der Waals surface area (Å²) in [6.45, 7) is 6.65. The molecule has 0 spiro atoms. The van der Waals surface area contributed by atoms with Crippen molar-refractivity contribution >= 4 is 0 Å². The molecule has 112 valence electrons. The minimum absolute atomic E-state index is 0.0783. The Kier molecular flexibility index (Phi) is 4.55. The van der Waals surface area contributed by atoms with Crippen LogP contribution in [-0.4, -0.2) is 30.5 Å². The summed E-state index contributed by atoms with van der Waals surface area (Å²) in [6.07, 6.45) is 1.04. The lowest BCUT2D eigenvalue weighted by Gasteiger charge is -2.35. The first-order valence-corrected chi connectivity index (χ1v) is 7.08. The van der Waals surface area contributed by atoms with Crippen LogP contribution in [0.25, 0.3) is 0 Å². The zero-order chi connectivity index (χ0) is 14.8. The van der Waals surface area contributed by atoms with Crippen LogP contribution < -0.4 is 9.47 Å². The highest BCUT2D eigenvalue weighted by Crippen LogP contribution is 2.41. The third kappa shape index (κ3) is 3.64. The summed E-state index contributed by atoms with van der Waals surface area (Å²) in [4.78, 5) is 0. The van der Waals surface area contributed by atoms with Gasteiger partial charge in [0, 0.05) is 38.2 Å². The summed E-state index contributed by atoms with van der Waals surface area (Å²) in [5, 5.41) is 10.1. The molecule has 20 heavy (non-hydrogen) atoms. The van der Waals surface area contributed by atoms with Crippen LogP contribution >= 0.6 is 0 Å². The number of aliphatic hydroxyl groups excluding tert-OH is 1. The zero-order valence-electron chi connectivity index (χ0n) is 12.7. The van der Waals surface area contributed by atoms with Gasteiger partial charge in [0.2, 0.25) is 0 Å². The Morgan fingerprint density at radius 3 is 2.90 bits per heavy atom. The maximum absolute atomic E-state index is 10.1. The fourth-order valence-electron chi connectivity index (χ4n) is 2.44. The number of ether oxygens (including phenoxy) is 3. The summed E-state index contributed by atoms with van der Waals surface area (Å²) in [5.41, 5.74) is 0.480. The van der Waals surface area contributed by atoms with Gasteiger partial charge in [-0.15, -0.1) is 0 Å². The Labute approximate surface area is 120 Å². The normalized spacial score (nSPS) is 21.8. The van der Waals surface area contributed by atoms with E-state index in [1.54, 1.807) is 7.11 Å². The monoisotopic (exact) mass is 280 g/mol. The van der Waals surface area contributed by atoms with Crippen molar-refractivity contribution in [3.63, 3.8) is 0 Å². The standard InChI is InChI=1S/C16H24O4/c1-11(7-8-18-4)19-12-5-6-13-14(17)10-16(2,3)20-15(13)9-12/h5-6,9,11,14,17H,7-8,10H2,1-4H3. The quantitative estimate of drug-likeness (QED) is 0.900. The number of rotatable bonds is 5. The van der Waals surface area contributed by atoms with Gasteiger partial charge >= 0.3 is 0 Å². The van der Waals surface area contributed by atoms with Crippen LogP contribution in [0, 0.1) is 0 Å². The maximum Gasteiger partial charge on any atom is 0.129 e. The average molecular weight is 280 g/mol. The van der Waals surface area contributed by atoms with E-state index in [2.05, 4.69) is 0 Å². The Morgan fingerprint density at radius 2 is 2.20 bits per heavy atom. The van der Waals surface area contributed by atoms with Crippen LogP contribution in [0.1, 0.15) is 45.3 Å². The average Bonchev–Trinajstić information content (AvgIpc) is 2.34. The van der Waals surface area contributed by atoms with Crippen LogP contribution in [0.15, 0.2) is 18.2 Å². The van der Waals surface area contributed by atoms with Crippen molar-refractivity contribution < 1.29 is 19.3 Å². The van der Waals surface area contributed by atoms with Crippen LogP contribution in [0.3, 0.4) is 0 Å². The molecule has 2 rings (SSSR count). The van der Waals surface area contributed by atoms with Crippen molar-refractivity contribution in [2.75, 3.05) is 13.7 Å². The van der Waals surface area contributed by atoms with Crippen molar-refractivity contribution in [3.05, 3.63) is 23.8 Å². The number of benzene rings is 1. The van der Waals surface area contributed by atoms with Gasteiger partial charge in [0.25, 0.3) is 0 Å². The molecule has 0 bridgehead atoms. The molecule has 0 fully saturated rings. The number of fused-ring (bicyclic) bond motifs is 1. The highest BCUT2D eigenvalue weighted by molar-refractivity contribution is 5.43. The molecule has 0 saturated heterocycles. The summed E-state index contributed by atoms with van der Waals surface area (Å²) in [5.74, 6) is 1.47. The molecule has 0 radical (unpaired) electrons. The van der Waals surface area contributed by atoms with Gasteiger partial charge in [0.05, 0.1) is 12.2 Å². The van der Waals surface area contributed by atoms with Crippen LogP contribution in [0.5, 0.6) is 11.5 Å². The molecule has 0 saturated carbocycles. The molecular weight excluding hydrogens is 256 g/mol. The van der Waals surface area contributed by atoms with Crippen LogP contribution in [0.2, 0.25) is 0 Å². The second kappa shape index (κ2) is 6.02. The Morgan fingerprint density at radius 1 is 1.45 bits per heavy atom. The molecule has 1 aliphatic rings. The summed E-state index contributed by atoms with van der Waals surface area (Å²) >= 11 is 0. The van der Waals surface area contributed by atoms with Crippen molar-refractivity contribution in [2.24, 2.45) is 0 Å². The van der Waals surface area contributed by atoms with Gasteiger partial charge in [-0.05, 0) is 32.9 Å². The molecule has 1 aromatic carbocycles. The molecule has 4 nitrogen and oxygen atoms in total. The van der Waals surface area contributed by atoms with E-state index in [0.29, 0.717) is 18.8 Å². The second-order valence-corrected chi connectivity index (χ2v) is 5.99. The summed E-state index contributed by atoms with van der Waals surface area (Å²) < 4.78 is 16.8. The third-order valence-electron chi connectivity index (χ3n) is 3.48. The molecule has 0 amide bonds. The van der Waals surface area contributed by atoms with Crippen molar-refractivity contribution in [3.8, 4) is 11.5 Å². The largest absolute Gasteiger partial charge is 0.490 e. The van der Waals surface area contributed by atoms with E-state index in [-0.39, 0.29) is 11.7 Å². The minimum atomic E-state index is -0.478. The SMILES string of the molecule is COCCC(C)Oc1ccc2c(c1)OC(C)(C)CC2O. The predicted molar refractivity (Wildman–Crippen MR) is 77.3 cm³/mol. The first-order chi connectivity index (χ1) is 9.41. The van der Waals surface area contributed by atoms with Gasteiger partial charge in [0.15, 0.2) is 0 Å². The van der Waals surface area contributed by atoms with E-state index >= 15 is 0 Å². The van der Waals surface area contributed by atoms with Gasteiger partial charge in [-0.2, -0.15) is 0 Å². The van der Waals surface area contributed by atoms with E-state index < -0.39 is 6.10 Å². The van der Waals surface area contributed by atoms with Gasteiger partial charge in [-0.3, -0.25) is 0 Å². The highest BCUT2D eigenvalue weighted by atomic mass is 16.5. The lowest BCUT2D eigenvalue weighted by atomic mass is 9.92. The maximum atomic E-state index is 10.1. The Balaban J connectivity index is 2.11. The topological polar surface area (TPSA) is 47.9 Å². The molecule has 2 unspecified atom stereocenters. The summed E-state index contributed by atoms with van der Waals surface area (Å²) in [7, 11) is 1.68. The van der Waals surface area contributed by atoms with E-state index in [1.807, 2.05) is 39.0 Å². The molecule has 1 heterocycles. The first-order valence-electron chi connectivity index (χ1n) is 7.08. The molecule has 1 N–H and O–H groups in total. The molecule has 0 aromatic heterocycles. The van der Waals surface area contributed by atoms with E-state index in [1.165, 1.54) is 0 Å². The van der Waals surface area contributed by atoms with Crippen molar-refractivity contribution in [1.29, 1.82) is 0 Å². The molecule has 2 atom stereocenters. The second-order valence-electron chi connectivity index (χ2n) is 5.99. The lowest BCUT2D eigenvalue weighted by Crippen LogP contribution is -2.34. The molecular formula is C16H24O4. The van der Waals surface area contributed by atoms with Crippen LogP contribution in [-0.2, 0) is 4.74 Å². The van der Waals surface area contributed by atoms with Gasteiger partial charge in [0.1, 0.15) is 17.1 Å². The van der Waals surface area contributed by atoms with Gasteiger partial charge in [-0.1, -0.05) is 0 Å². The first kappa shape index (κ1) is 15.1. The lowest BCUT2D eigenvalue weighted by molar-refractivity contribution is 0.0112. The van der Waals surface area contributed by atoms with Crippen molar-refractivity contribution in [2.45, 2.75) is 51.4 Å². The van der Waals surface area contributed by atoms with Crippen LogP contribution in [0.4, 0.5) is 0 Å². The Bertz CT molecular complexity index is 456. The third-order valence-corrected chi connectivity index (χ3v) is 3.48. The number of aliphatic hydroxyl groups is 1. The predicted octanol–water partition coefficient (Wildman–Crippen LogP) is 3.08. The number of hydrogen-bond acceptors (Lipinski definition) is 4. The Hall–Kier alpha value is -1.26. The fraction of sp³-hybridized carbons (Fsp3) is 0.625. The minimum Gasteiger partial charge on any atom is -0.490 e. The van der Waals surface area contributed by atoms with E-state index in [0.717, 1.165) is 17.7 Å². The summed E-state index contributed by atoms with van der Waals surface area (Å²) in [6, 6.07) is 5.63. The number of hydrogen-bond donors (Lipinski definition) is 1. The van der Waals surface area contributed by atoms with E-state index in [9.17, 15) is 5.11 Å². The fourth-order valence-corrected chi connectivity index (χ4v) is 2.44. The van der Waals surface area contributed by atoms with Gasteiger partial charge < -0.3 is 19.3 Å². The van der Waals surface area contributed by atoms with Crippen molar-refractivity contribution in [1.82, 2.24) is 0 Å². The molecule has 4 heteroatoms. The molecule has 1 aliphatic heterocycles. The van der Waals surface area contributed by atoms with Gasteiger partial charge in [-0.25, -0.2) is 0 Å². The highest BCUT2D eigenvalue weighted by Gasteiger charge is 2.32. The molecule has 1 aromatic rings. The number of methoxy groups -OCH3 is 1. The molecule has 0 aliphatic carbocycles. The zero-order valence-corrected chi connectivity index (χ0v) is 12.7. The smallest absolute Gasteiger partial charge is 0.129 e.